The molecule has 0 saturated carbocycles. The minimum atomic E-state index is 0.235. The minimum absolute atomic E-state index is 0.235. The summed E-state index contributed by atoms with van der Waals surface area (Å²) < 4.78 is 9.93. The van der Waals surface area contributed by atoms with Crippen molar-refractivity contribution < 1.29 is 4.74 Å². The molecule has 2 aromatic heterocycles. The first-order chi connectivity index (χ1) is 14.9. The van der Waals surface area contributed by atoms with Gasteiger partial charge in [-0.25, -0.2) is 0 Å². The third kappa shape index (κ3) is 4.20. The Morgan fingerprint density at radius 3 is 2.67 bits per heavy atom. The summed E-state index contributed by atoms with van der Waals surface area (Å²) in [7, 11) is 0. The van der Waals surface area contributed by atoms with Gasteiger partial charge >= 0.3 is 0 Å². The molecule has 9 nitrogen and oxygen atoms in total. The summed E-state index contributed by atoms with van der Waals surface area (Å²) in [4.78, 5) is 2.36. The summed E-state index contributed by atoms with van der Waals surface area (Å²) in [6.45, 7) is 3.73. The van der Waals surface area contributed by atoms with Crippen molar-refractivity contribution in [3.05, 3.63) is 36.2 Å². The van der Waals surface area contributed by atoms with Crippen molar-refractivity contribution in [3.8, 4) is 5.69 Å². The van der Waals surface area contributed by atoms with E-state index in [1.165, 1.54) is 19.3 Å². The van der Waals surface area contributed by atoms with E-state index in [-0.39, 0.29) is 6.10 Å². The Balaban J connectivity index is 1.36. The summed E-state index contributed by atoms with van der Waals surface area (Å²) >= 11 is 1.63. The topological polar surface area (TPSA) is 86.8 Å². The number of piperidine rings is 1. The molecule has 0 spiro atoms. The molecule has 2 fully saturated rings. The van der Waals surface area contributed by atoms with E-state index in [0.717, 1.165) is 61.7 Å². The molecule has 0 bridgehead atoms. The van der Waals surface area contributed by atoms with Crippen LogP contribution in [0.3, 0.4) is 0 Å². The molecule has 2 aliphatic heterocycles. The molecule has 10 heteroatoms. The van der Waals surface area contributed by atoms with Crippen LogP contribution in [0.4, 0.5) is 5.95 Å². The minimum Gasteiger partial charge on any atom is -0.376 e. The van der Waals surface area contributed by atoms with E-state index in [9.17, 15) is 0 Å². The Labute approximate surface area is 179 Å². The highest BCUT2D eigenvalue weighted by atomic mass is 32.2. The van der Waals surface area contributed by atoms with Gasteiger partial charge in [-0.2, -0.15) is 4.68 Å². The number of tetrazole rings is 1. The first-order valence-electron chi connectivity index (χ1n) is 10.6. The van der Waals surface area contributed by atoms with E-state index in [0.29, 0.717) is 5.75 Å². The number of thioether (sulfide) groups is 1. The van der Waals surface area contributed by atoms with Gasteiger partial charge in [0.1, 0.15) is 0 Å². The Hall–Kier alpha value is -2.46. The second kappa shape index (κ2) is 9.13. The lowest BCUT2D eigenvalue weighted by Gasteiger charge is -2.28. The van der Waals surface area contributed by atoms with Gasteiger partial charge in [0.05, 0.1) is 24.1 Å². The molecule has 30 heavy (non-hydrogen) atoms. The molecule has 158 valence electrons. The number of para-hydroxylation sites is 1. The van der Waals surface area contributed by atoms with Crippen molar-refractivity contribution >= 4 is 17.7 Å². The van der Waals surface area contributed by atoms with E-state index in [1.807, 2.05) is 30.3 Å². The Kier molecular flexibility index (Phi) is 5.94. The third-order valence-electron chi connectivity index (χ3n) is 5.61. The lowest BCUT2D eigenvalue weighted by molar-refractivity contribution is 0.0951. The number of nitrogens with zero attached hydrogens (tertiary/aromatic N) is 8. The Bertz CT molecular complexity index is 947. The highest BCUT2D eigenvalue weighted by Gasteiger charge is 2.25. The molecule has 4 heterocycles. The van der Waals surface area contributed by atoms with Crippen LogP contribution in [0.15, 0.2) is 35.5 Å². The van der Waals surface area contributed by atoms with Gasteiger partial charge in [0, 0.05) is 19.7 Å². The molecule has 2 aliphatic rings. The quantitative estimate of drug-likeness (QED) is 0.533. The molecule has 0 amide bonds. The molecular weight excluding hydrogens is 400 g/mol. The van der Waals surface area contributed by atoms with Crippen LogP contribution in [0.2, 0.25) is 0 Å². The third-order valence-corrected chi connectivity index (χ3v) is 6.57. The molecule has 3 aromatic rings. The molecule has 5 rings (SSSR count). The van der Waals surface area contributed by atoms with Crippen LogP contribution in [0, 0.1) is 0 Å². The molecule has 0 aliphatic carbocycles. The predicted molar refractivity (Wildman–Crippen MR) is 114 cm³/mol. The largest absolute Gasteiger partial charge is 0.376 e. The highest BCUT2D eigenvalue weighted by Crippen LogP contribution is 2.28. The number of aromatic nitrogens is 7. The van der Waals surface area contributed by atoms with Gasteiger partial charge in [-0.1, -0.05) is 30.0 Å². The van der Waals surface area contributed by atoms with E-state index >= 15 is 0 Å². The van der Waals surface area contributed by atoms with Gasteiger partial charge in [-0.05, 0) is 54.7 Å². The molecule has 2 saturated heterocycles. The Morgan fingerprint density at radius 2 is 1.87 bits per heavy atom. The van der Waals surface area contributed by atoms with Gasteiger partial charge in [0.2, 0.25) is 5.95 Å². The summed E-state index contributed by atoms with van der Waals surface area (Å²) in [6.07, 6.45) is 6.16. The maximum absolute atomic E-state index is 5.91. The molecular formula is C20H26N8OS. The van der Waals surface area contributed by atoms with Gasteiger partial charge < -0.3 is 9.64 Å². The van der Waals surface area contributed by atoms with Gasteiger partial charge in [-0.15, -0.1) is 15.3 Å². The average Bonchev–Trinajstić information content (AvgIpc) is 3.55. The Morgan fingerprint density at radius 1 is 1.00 bits per heavy atom. The number of ether oxygens (including phenoxy) is 1. The van der Waals surface area contributed by atoms with Crippen LogP contribution in [-0.4, -0.2) is 60.8 Å². The van der Waals surface area contributed by atoms with Crippen LogP contribution in [0.25, 0.3) is 5.69 Å². The van der Waals surface area contributed by atoms with Crippen molar-refractivity contribution in [2.45, 2.75) is 55.7 Å². The van der Waals surface area contributed by atoms with Crippen LogP contribution in [-0.2, 0) is 17.0 Å². The number of anilines is 1. The lowest BCUT2D eigenvalue weighted by Crippen LogP contribution is -2.33. The fraction of sp³-hybridized carbons (Fsp3) is 0.550. The average molecular weight is 427 g/mol. The predicted octanol–water partition coefficient (Wildman–Crippen LogP) is 2.72. The van der Waals surface area contributed by atoms with Gasteiger partial charge in [0.15, 0.2) is 11.0 Å². The van der Waals surface area contributed by atoms with E-state index in [4.69, 9.17) is 4.74 Å². The molecule has 1 unspecified atom stereocenters. The standard InChI is InChI=1S/C20H26N8OS/c1-3-8-16(9-4-1)28-18(21-24-25-28)15-30-20-23-22-19(26-11-5-2-6-12-26)27(20)14-17-10-7-13-29-17/h1,3-4,8-9,17H,2,5-7,10-15H2. The second-order valence-corrected chi connectivity index (χ2v) is 8.65. The summed E-state index contributed by atoms with van der Waals surface area (Å²) in [5.74, 6) is 2.37. The number of rotatable bonds is 7. The zero-order chi connectivity index (χ0) is 20.2. The van der Waals surface area contributed by atoms with Crippen LogP contribution < -0.4 is 4.90 Å². The maximum Gasteiger partial charge on any atom is 0.228 e. The van der Waals surface area contributed by atoms with Crippen LogP contribution in [0.1, 0.15) is 37.9 Å². The summed E-state index contributed by atoms with van der Waals surface area (Å²) in [6, 6.07) is 9.95. The molecule has 0 radical (unpaired) electrons. The SMILES string of the molecule is c1ccc(-n2nnnc2CSc2nnc(N3CCCCC3)n2CC2CCCO2)cc1. The van der Waals surface area contributed by atoms with Crippen LogP contribution >= 0.6 is 11.8 Å². The first-order valence-corrected chi connectivity index (χ1v) is 11.6. The lowest BCUT2D eigenvalue weighted by atomic mass is 10.1. The normalized spacial score (nSPS) is 19.5. The van der Waals surface area contributed by atoms with Crippen molar-refractivity contribution in [3.63, 3.8) is 0 Å². The van der Waals surface area contributed by atoms with E-state index in [2.05, 4.69) is 35.2 Å². The van der Waals surface area contributed by atoms with Crippen molar-refractivity contribution in [1.82, 2.24) is 35.0 Å². The fourth-order valence-corrected chi connectivity index (χ4v) is 4.91. The summed E-state index contributed by atoms with van der Waals surface area (Å²) in [5.41, 5.74) is 0.952. The van der Waals surface area contributed by atoms with Gasteiger partial charge in [0.25, 0.3) is 0 Å². The van der Waals surface area contributed by atoms with E-state index in [1.54, 1.807) is 16.4 Å². The van der Waals surface area contributed by atoms with Crippen molar-refractivity contribution in [1.29, 1.82) is 0 Å². The smallest absolute Gasteiger partial charge is 0.228 e. The van der Waals surface area contributed by atoms with Crippen molar-refractivity contribution in [2.24, 2.45) is 0 Å². The highest BCUT2D eigenvalue weighted by molar-refractivity contribution is 7.98. The number of hydrogen-bond donors (Lipinski definition) is 0. The van der Waals surface area contributed by atoms with Crippen molar-refractivity contribution in [2.75, 3.05) is 24.6 Å². The maximum atomic E-state index is 5.91. The van der Waals surface area contributed by atoms with Gasteiger partial charge in [-0.3, -0.25) is 4.57 Å². The molecule has 1 aromatic carbocycles. The first kappa shape index (κ1) is 19.5. The number of benzene rings is 1. The zero-order valence-electron chi connectivity index (χ0n) is 16.9. The second-order valence-electron chi connectivity index (χ2n) is 7.71. The molecule has 1 atom stereocenters. The summed E-state index contributed by atoms with van der Waals surface area (Å²) in [5, 5.41) is 22.3. The zero-order valence-corrected chi connectivity index (χ0v) is 17.7. The monoisotopic (exact) mass is 426 g/mol. The molecule has 0 N–H and O–H groups in total. The fourth-order valence-electron chi connectivity index (χ4n) is 4.06. The number of hydrogen-bond acceptors (Lipinski definition) is 8. The van der Waals surface area contributed by atoms with Crippen LogP contribution in [0.5, 0.6) is 0 Å². The van der Waals surface area contributed by atoms with E-state index < -0.39 is 0 Å².